The number of para-hydroxylation sites is 1. The first-order chi connectivity index (χ1) is 20.3. The second-order valence-corrected chi connectivity index (χ2v) is 11.2. The lowest BCUT2D eigenvalue weighted by Crippen LogP contribution is -2.20. The van der Waals surface area contributed by atoms with Gasteiger partial charge >= 0.3 is 0 Å². The number of benzene rings is 4. The van der Waals surface area contributed by atoms with Crippen LogP contribution < -0.4 is 15.6 Å². The van der Waals surface area contributed by atoms with Crippen molar-refractivity contribution in [3.8, 4) is 17.3 Å². The second kappa shape index (κ2) is 11.9. The third kappa shape index (κ3) is 5.97. The van der Waals surface area contributed by atoms with Crippen molar-refractivity contribution in [1.82, 2.24) is 9.66 Å². The van der Waals surface area contributed by atoms with E-state index in [0.29, 0.717) is 39.2 Å². The van der Waals surface area contributed by atoms with E-state index in [0.717, 1.165) is 13.4 Å². The van der Waals surface area contributed by atoms with Crippen LogP contribution in [0.3, 0.4) is 0 Å². The van der Waals surface area contributed by atoms with Crippen molar-refractivity contribution in [2.24, 2.45) is 5.10 Å². The summed E-state index contributed by atoms with van der Waals surface area (Å²) in [6, 6.07) is 25.4. The molecule has 4 aromatic carbocycles. The Kier molecular flexibility index (Phi) is 7.85. The molecule has 1 amide bonds. The van der Waals surface area contributed by atoms with E-state index in [1.54, 1.807) is 42.6 Å². The molecule has 1 N–H and O–H groups in total. The smallest absolute Gasteiger partial charge is 0.282 e. The fraction of sp³-hybridized carbons (Fsp3) is 0.0323. The average Bonchev–Trinajstić information content (AvgIpc) is 3.39. The predicted octanol–water partition coefficient (Wildman–Crippen LogP) is 7.22. The molecule has 0 spiro atoms. The lowest BCUT2D eigenvalue weighted by Gasteiger charge is -2.10. The number of carbonyl (C=O) groups is 1. The van der Waals surface area contributed by atoms with Crippen molar-refractivity contribution in [2.45, 2.75) is 0 Å². The Morgan fingerprint density at radius 1 is 1.07 bits per heavy atom. The summed E-state index contributed by atoms with van der Waals surface area (Å²) in [4.78, 5) is 30.5. The SMILES string of the molecule is O=C(COc1ccc(C=Nn2c(-c3cc4cc(Br)ccc4o3)nc3ccccc3c2=O)cc1I)Nc1cccc(F)c1. The summed E-state index contributed by atoms with van der Waals surface area (Å²) in [5, 5.41) is 8.37. The Morgan fingerprint density at radius 3 is 2.76 bits per heavy atom. The van der Waals surface area contributed by atoms with E-state index >= 15 is 0 Å². The van der Waals surface area contributed by atoms with Gasteiger partial charge in [0.25, 0.3) is 11.5 Å². The summed E-state index contributed by atoms with van der Waals surface area (Å²) < 4.78 is 27.9. The van der Waals surface area contributed by atoms with Crippen LogP contribution in [0.2, 0.25) is 0 Å². The average molecular weight is 737 g/mol. The van der Waals surface area contributed by atoms with Gasteiger partial charge in [-0.15, -0.1) is 0 Å². The van der Waals surface area contributed by atoms with Crippen LogP contribution in [0.25, 0.3) is 33.5 Å². The van der Waals surface area contributed by atoms with Gasteiger partial charge in [0.2, 0.25) is 5.82 Å². The largest absolute Gasteiger partial charge is 0.483 e. The molecule has 0 atom stereocenters. The van der Waals surface area contributed by atoms with E-state index in [1.165, 1.54) is 22.9 Å². The Balaban J connectivity index is 1.27. The zero-order valence-electron chi connectivity index (χ0n) is 21.6. The molecule has 11 heteroatoms. The predicted molar refractivity (Wildman–Crippen MR) is 172 cm³/mol. The molecule has 2 aromatic heterocycles. The van der Waals surface area contributed by atoms with Crippen molar-refractivity contribution in [1.29, 1.82) is 0 Å². The van der Waals surface area contributed by atoms with Crippen LogP contribution in [0.4, 0.5) is 10.1 Å². The van der Waals surface area contributed by atoms with E-state index in [2.05, 4.69) is 48.9 Å². The van der Waals surface area contributed by atoms with Gasteiger partial charge < -0.3 is 14.5 Å². The van der Waals surface area contributed by atoms with Crippen molar-refractivity contribution in [3.05, 3.63) is 121 Å². The van der Waals surface area contributed by atoms with Crippen molar-refractivity contribution >= 4 is 78.2 Å². The minimum atomic E-state index is -0.444. The van der Waals surface area contributed by atoms with Gasteiger partial charge in [0.15, 0.2) is 12.4 Å². The van der Waals surface area contributed by atoms with Crippen molar-refractivity contribution in [2.75, 3.05) is 11.9 Å². The molecule has 0 saturated carbocycles. The van der Waals surface area contributed by atoms with Crippen molar-refractivity contribution < 1.29 is 18.3 Å². The fourth-order valence-electron chi connectivity index (χ4n) is 4.26. The van der Waals surface area contributed by atoms with Crippen LogP contribution in [0.1, 0.15) is 5.56 Å². The van der Waals surface area contributed by atoms with E-state index in [-0.39, 0.29) is 18.0 Å². The summed E-state index contributed by atoms with van der Waals surface area (Å²) in [7, 11) is 0. The topological polar surface area (TPSA) is 98.7 Å². The molecular weight excluding hydrogens is 718 g/mol. The van der Waals surface area contributed by atoms with E-state index in [9.17, 15) is 14.0 Å². The lowest BCUT2D eigenvalue weighted by molar-refractivity contribution is -0.118. The van der Waals surface area contributed by atoms with Crippen LogP contribution in [-0.2, 0) is 4.79 Å². The molecule has 6 rings (SSSR count). The maximum Gasteiger partial charge on any atom is 0.282 e. The number of nitrogens with zero attached hydrogens (tertiary/aromatic N) is 3. The van der Waals surface area contributed by atoms with Gasteiger partial charge in [-0.2, -0.15) is 9.78 Å². The molecule has 42 heavy (non-hydrogen) atoms. The number of aromatic nitrogens is 2. The van der Waals surface area contributed by atoms with E-state index < -0.39 is 11.7 Å². The van der Waals surface area contributed by atoms with E-state index in [4.69, 9.17) is 14.1 Å². The number of nitrogens with one attached hydrogen (secondary N) is 1. The first-order valence-electron chi connectivity index (χ1n) is 12.6. The molecule has 0 unspecified atom stereocenters. The number of rotatable bonds is 7. The molecule has 0 radical (unpaired) electrons. The molecule has 6 aromatic rings. The molecule has 0 aliphatic rings. The fourth-order valence-corrected chi connectivity index (χ4v) is 5.33. The maximum absolute atomic E-state index is 13.5. The third-order valence-electron chi connectivity index (χ3n) is 6.20. The number of ether oxygens (including phenoxy) is 1. The number of carbonyl (C=O) groups excluding carboxylic acids is 1. The number of amides is 1. The van der Waals surface area contributed by atoms with Crippen LogP contribution in [0, 0.1) is 9.39 Å². The summed E-state index contributed by atoms with van der Waals surface area (Å²) in [6.07, 6.45) is 1.54. The van der Waals surface area contributed by atoms with Crippen molar-refractivity contribution in [3.63, 3.8) is 0 Å². The molecule has 208 valence electrons. The van der Waals surface area contributed by atoms with Crippen LogP contribution in [0.5, 0.6) is 5.75 Å². The summed E-state index contributed by atoms with van der Waals surface area (Å²) in [6.45, 7) is -0.254. The molecule has 0 aliphatic heterocycles. The molecule has 2 heterocycles. The van der Waals surface area contributed by atoms with Gasteiger partial charge in [0.05, 0.1) is 20.7 Å². The highest BCUT2D eigenvalue weighted by molar-refractivity contribution is 14.1. The lowest BCUT2D eigenvalue weighted by atomic mass is 10.2. The van der Waals surface area contributed by atoms with Gasteiger partial charge in [0.1, 0.15) is 17.1 Å². The number of furan rings is 1. The highest BCUT2D eigenvalue weighted by Gasteiger charge is 2.17. The highest BCUT2D eigenvalue weighted by Crippen LogP contribution is 2.29. The first-order valence-corrected chi connectivity index (χ1v) is 14.4. The summed E-state index contributed by atoms with van der Waals surface area (Å²) in [5.74, 6) is 0.288. The first kappa shape index (κ1) is 27.8. The number of anilines is 1. The minimum Gasteiger partial charge on any atom is -0.483 e. The Labute approximate surface area is 260 Å². The molecular formula is C31H19BrFIN4O4. The molecule has 0 saturated heterocycles. The molecule has 0 fully saturated rings. The molecule has 0 aliphatic carbocycles. The Bertz CT molecular complexity index is 2070. The van der Waals surface area contributed by atoms with Crippen LogP contribution in [0.15, 0.2) is 110 Å². The summed E-state index contributed by atoms with van der Waals surface area (Å²) >= 11 is 5.56. The van der Waals surface area contributed by atoms with Crippen LogP contribution >= 0.6 is 38.5 Å². The highest BCUT2D eigenvalue weighted by atomic mass is 127. The maximum atomic E-state index is 13.5. The Morgan fingerprint density at radius 2 is 1.93 bits per heavy atom. The zero-order chi connectivity index (χ0) is 29.2. The third-order valence-corrected chi connectivity index (χ3v) is 7.53. The number of halogens is 3. The van der Waals surface area contributed by atoms with Gasteiger partial charge in [-0.05, 0) is 101 Å². The normalized spacial score (nSPS) is 11.4. The van der Waals surface area contributed by atoms with Gasteiger partial charge in [0, 0.05) is 15.5 Å². The van der Waals surface area contributed by atoms with Crippen LogP contribution in [-0.4, -0.2) is 28.4 Å². The summed E-state index contributed by atoms with van der Waals surface area (Å²) in [5.41, 5.74) is 1.88. The number of fused-ring (bicyclic) bond motifs is 2. The second-order valence-electron chi connectivity index (χ2n) is 9.14. The van der Waals surface area contributed by atoms with Gasteiger partial charge in [-0.1, -0.05) is 34.1 Å². The number of hydrogen-bond donors (Lipinski definition) is 1. The Hall–Kier alpha value is -4.36. The van der Waals surface area contributed by atoms with E-state index in [1.807, 2.05) is 36.4 Å². The molecule has 8 nitrogen and oxygen atoms in total. The minimum absolute atomic E-state index is 0.254. The van der Waals surface area contributed by atoms with Gasteiger partial charge in [-0.25, -0.2) is 9.37 Å². The quantitative estimate of drug-likeness (QED) is 0.138. The monoisotopic (exact) mass is 736 g/mol. The zero-order valence-corrected chi connectivity index (χ0v) is 25.3. The van der Waals surface area contributed by atoms with Gasteiger partial charge in [-0.3, -0.25) is 9.59 Å². The standard InChI is InChI=1S/C31H19BrFIN4O4/c32-20-9-11-26-19(13-20)14-28(42-26)30-37-25-7-2-1-6-23(25)31(40)38(30)35-16-18-8-10-27(24(34)12-18)41-17-29(39)36-22-5-3-4-21(33)15-22/h1-16H,17H2,(H,36,39). The molecule has 0 bridgehead atoms. The number of hydrogen-bond acceptors (Lipinski definition) is 6.